The van der Waals surface area contributed by atoms with E-state index in [-0.39, 0.29) is 40.5 Å². The van der Waals surface area contributed by atoms with E-state index in [1.54, 1.807) is 32.0 Å². The molecule has 0 bridgehead atoms. The first-order chi connectivity index (χ1) is 13.2. The van der Waals surface area contributed by atoms with Crippen molar-refractivity contribution in [1.29, 1.82) is 0 Å². The summed E-state index contributed by atoms with van der Waals surface area (Å²) in [5.74, 6) is -0.732. The molecule has 2 aliphatic heterocycles. The van der Waals surface area contributed by atoms with Crippen molar-refractivity contribution in [3.63, 3.8) is 0 Å². The van der Waals surface area contributed by atoms with Crippen molar-refractivity contribution >= 4 is 34.5 Å². The predicted octanol–water partition coefficient (Wildman–Crippen LogP) is 3.44. The summed E-state index contributed by atoms with van der Waals surface area (Å²) in [6.45, 7) is 7.43. The number of fused-ring (bicyclic) bond motifs is 1. The fraction of sp³-hybridized carbons (Fsp3) is 0.421. The lowest BCUT2D eigenvalue weighted by Gasteiger charge is -2.32. The average Bonchev–Trinajstić information content (AvgIpc) is 2.92. The molecule has 0 aliphatic carbocycles. The molecule has 3 rings (SSSR count). The second kappa shape index (κ2) is 7.75. The van der Waals surface area contributed by atoms with Crippen molar-refractivity contribution in [3.8, 4) is 0 Å². The van der Waals surface area contributed by atoms with Gasteiger partial charge in [-0.1, -0.05) is 37.7 Å². The number of esters is 1. The third-order valence-corrected chi connectivity index (χ3v) is 5.51. The number of hydrogen-bond acceptors (Lipinski definition) is 7. The third kappa shape index (κ3) is 3.54. The van der Waals surface area contributed by atoms with Gasteiger partial charge in [-0.05, 0) is 25.8 Å². The number of allylic oxidation sites excluding steroid dienone is 1. The second-order valence-electron chi connectivity index (χ2n) is 7.07. The topological polar surface area (TPSA) is 102 Å². The number of carbonyl (C=O) groups excluding carboxylic acids is 2. The third-order valence-electron chi connectivity index (χ3n) is 4.45. The van der Waals surface area contributed by atoms with Gasteiger partial charge in [0.25, 0.3) is 5.69 Å². The van der Waals surface area contributed by atoms with Crippen LogP contribution in [-0.2, 0) is 14.3 Å². The van der Waals surface area contributed by atoms with Gasteiger partial charge in [-0.25, -0.2) is 9.79 Å². The minimum atomic E-state index is -0.946. The van der Waals surface area contributed by atoms with Gasteiger partial charge in [-0.15, -0.1) is 0 Å². The van der Waals surface area contributed by atoms with Crippen LogP contribution in [0.3, 0.4) is 0 Å². The summed E-state index contributed by atoms with van der Waals surface area (Å²) in [6.07, 6.45) is 0. The molecule has 0 radical (unpaired) electrons. The number of amides is 1. The number of hydrogen-bond donors (Lipinski definition) is 0. The first-order valence-electron chi connectivity index (χ1n) is 8.92. The molecule has 1 fully saturated rings. The summed E-state index contributed by atoms with van der Waals surface area (Å²) in [7, 11) is 0. The number of nitrogens with zero attached hydrogens (tertiary/aromatic N) is 3. The maximum absolute atomic E-state index is 12.9. The fourth-order valence-corrected chi connectivity index (χ4v) is 4.19. The number of benzene rings is 1. The van der Waals surface area contributed by atoms with E-state index in [1.165, 1.54) is 22.7 Å². The highest BCUT2D eigenvalue weighted by atomic mass is 32.2. The zero-order chi connectivity index (χ0) is 20.6. The first kappa shape index (κ1) is 20.1. The first-order valence-corrected chi connectivity index (χ1v) is 9.80. The molecular weight excluding hydrogens is 382 g/mol. The van der Waals surface area contributed by atoms with Gasteiger partial charge >= 0.3 is 5.97 Å². The predicted molar refractivity (Wildman–Crippen MR) is 106 cm³/mol. The lowest BCUT2D eigenvalue weighted by Crippen LogP contribution is -2.41. The van der Waals surface area contributed by atoms with Crippen LogP contribution in [0.2, 0.25) is 0 Å². The molecule has 9 heteroatoms. The number of rotatable bonds is 5. The molecule has 0 aromatic heterocycles. The highest BCUT2D eigenvalue weighted by Gasteiger charge is 2.48. The summed E-state index contributed by atoms with van der Waals surface area (Å²) < 4.78 is 5.40. The molecule has 1 aromatic rings. The molecule has 1 saturated heterocycles. The Morgan fingerprint density at radius 2 is 2.07 bits per heavy atom. The minimum Gasteiger partial charge on any atom is -0.462 e. The lowest BCUT2D eigenvalue weighted by atomic mass is 9.93. The van der Waals surface area contributed by atoms with E-state index in [0.29, 0.717) is 10.9 Å². The van der Waals surface area contributed by atoms with Crippen molar-refractivity contribution in [1.82, 2.24) is 4.90 Å². The highest BCUT2D eigenvalue weighted by molar-refractivity contribution is 8.15. The highest BCUT2D eigenvalue weighted by Crippen LogP contribution is 2.45. The van der Waals surface area contributed by atoms with E-state index in [0.717, 1.165) is 0 Å². The molecule has 28 heavy (non-hydrogen) atoms. The second-order valence-corrected chi connectivity index (χ2v) is 8.38. The van der Waals surface area contributed by atoms with Crippen LogP contribution in [0.4, 0.5) is 5.69 Å². The average molecular weight is 403 g/mol. The molecule has 1 aromatic carbocycles. The maximum atomic E-state index is 12.9. The number of thioether (sulfide) groups is 1. The number of ether oxygens (including phenoxy) is 1. The van der Waals surface area contributed by atoms with E-state index >= 15 is 0 Å². The monoisotopic (exact) mass is 403 g/mol. The van der Waals surface area contributed by atoms with Gasteiger partial charge < -0.3 is 4.74 Å². The van der Waals surface area contributed by atoms with E-state index in [2.05, 4.69) is 4.99 Å². The molecule has 0 spiro atoms. The molecule has 0 saturated carbocycles. The van der Waals surface area contributed by atoms with Crippen LogP contribution in [0.25, 0.3) is 0 Å². The van der Waals surface area contributed by atoms with E-state index in [4.69, 9.17) is 4.74 Å². The summed E-state index contributed by atoms with van der Waals surface area (Å²) >= 11 is 1.28. The summed E-state index contributed by atoms with van der Waals surface area (Å²) in [4.78, 5) is 42.6. The molecule has 2 unspecified atom stereocenters. The van der Waals surface area contributed by atoms with Gasteiger partial charge in [0, 0.05) is 6.07 Å². The minimum absolute atomic E-state index is 0.126. The summed E-state index contributed by atoms with van der Waals surface area (Å²) in [5, 5.41) is 11.7. The van der Waals surface area contributed by atoms with Crippen molar-refractivity contribution in [2.24, 2.45) is 10.9 Å². The Kier molecular flexibility index (Phi) is 5.55. The maximum Gasteiger partial charge on any atom is 0.338 e. The smallest absolute Gasteiger partial charge is 0.338 e. The van der Waals surface area contributed by atoms with Crippen LogP contribution < -0.4 is 0 Å². The Labute approximate surface area is 166 Å². The molecule has 0 N–H and O–H groups in total. The summed E-state index contributed by atoms with van der Waals surface area (Å²) in [6, 6.07) is 5.19. The zero-order valence-electron chi connectivity index (χ0n) is 16.0. The molecule has 148 valence electrons. The molecule has 2 heterocycles. The van der Waals surface area contributed by atoms with Crippen molar-refractivity contribution < 1.29 is 19.2 Å². The van der Waals surface area contributed by atoms with Gasteiger partial charge in [-0.3, -0.25) is 19.8 Å². The normalized spacial score (nSPS) is 21.7. The van der Waals surface area contributed by atoms with Crippen LogP contribution in [0, 0.1) is 16.0 Å². The number of amidine groups is 1. The Balaban J connectivity index is 2.16. The van der Waals surface area contributed by atoms with Gasteiger partial charge in [0.05, 0.1) is 33.6 Å². The van der Waals surface area contributed by atoms with Crippen LogP contribution in [-0.4, -0.2) is 38.7 Å². The number of nitro benzene ring substituents is 1. The Morgan fingerprint density at radius 3 is 2.71 bits per heavy atom. The van der Waals surface area contributed by atoms with Crippen LogP contribution in [0.1, 0.15) is 39.3 Å². The van der Waals surface area contributed by atoms with Crippen molar-refractivity contribution in [2.75, 3.05) is 6.61 Å². The standard InChI is InChI=1S/C19H21N3O5S/c1-10(2)9-27-18(24)15-11(3)20-19-21(17(23)12(4)28-19)16(15)13-7-5-6-8-14(13)22(25)26/h5-8,10,12,16H,9H2,1-4H3. The van der Waals surface area contributed by atoms with Crippen LogP contribution in [0.5, 0.6) is 0 Å². The van der Waals surface area contributed by atoms with Gasteiger partial charge in [-0.2, -0.15) is 0 Å². The number of carbonyl (C=O) groups is 2. The van der Waals surface area contributed by atoms with E-state index in [1.807, 2.05) is 13.8 Å². The Morgan fingerprint density at radius 1 is 1.39 bits per heavy atom. The molecule has 2 aliphatic rings. The lowest BCUT2D eigenvalue weighted by molar-refractivity contribution is -0.385. The fourth-order valence-electron chi connectivity index (χ4n) is 3.16. The van der Waals surface area contributed by atoms with Crippen LogP contribution >= 0.6 is 11.8 Å². The SMILES string of the molecule is CC1=C(C(=O)OCC(C)C)C(c2ccccc2[N+](=O)[O-])N2C(=O)C(C)SC2=N1. The summed E-state index contributed by atoms with van der Waals surface area (Å²) in [5.41, 5.74) is 0.658. The van der Waals surface area contributed by atoms with Gasteiger partial charge in [0.1, 0.15) is 6.04 Å². The number of para-hydroxylation sites is 1. The molecular formula is C19H21N3O5S. The number of nitro groups is 1. The zero-order valence-corrected chi connectivity index (χ0v) is 16.9. The van der Waals surface area contributed by atoms with E-state index in [9.17, 15) is 19.7 Å². The van der Waals surface area contributed by atoms with Crippen LogP contribution in [0.15, 0.2) is 40.5 Å². The Hall–Kier alpha value is -2.68. The van der Waals surface area contributed by atoms with E-state index < -0.39 is 16.9 Å². The molecule has 2 atom stereocenters. The molecule has 8 nitrogen and oxygen atoms in total. The Bertz CT molecular complexity index is 909. The number of aliphatic imine (C=N–C) groups is 1. The van der Waals surface area contributed by atoms with Crippen molar-refractivity contribution in [3.05, 3.63) is 51.2 Å². The van der Waals surface area contributed by atoms with Gasteiger partial charge in [0.2, 0.25) is 5.91 Å². The largest absolute Gasteiger partial charge is 0.462 e. The molecule has 1 amide bonds. The quantitative estimate of drug-likeness (QED) is 0.424. The van der Waals surface area contributed by atoms with Crippen molar-refractivity contribution in [2.45, 2.75) is 39.0 Å². The van der Waals surface area contributed by atoms with Gasteiger partial charge in [0.15, 0.2) is 5.17 Å².